The standard InChI is InChI=1S/C26H22N2O4/c1-16(25(30)28-21-13-11-20(12-14-21)27-17(2)29)32-26(31)24-22-9-5-3-7-18(22)15-19-8-4-6-10-23(19)24/h3-16H,1-2H3,(H,27,29)(H,28,30). The van der Waals surface area contributed by atoms with E-state index in [0.717, 1.165) is 21.5 Å². The molecule has 0 aromatic heterocycles. The van der Waals surface area contributed by atoms with Crippen LogP contribution in [0.1, 0.15) is 24.2 Å². The van der Waals surface area contributed by atoms with Crippen molar-refractivity contribution in [2.45, 2.75) is 20.0 Å². The van der Waals surface area contributed by atoms with E-state index in [9.17, 15) is 14.4 Å². The Hall–Kier alpha value is -4.19. The monoisotopic (exact) mass is 426 g/mol. The molecule has 2 amide bonds. The highest BCUT2D eigenvalue weighted by Crippen LogP contribution is 2.29. The first-order valence-corrected chi connectivity index (χ1v) is 10.2. The number of amides is 2. The third kappa shape index (κ3) is 4.44. The summed E-state index contributed by atoms with van der Waals surface area (Å²) >= 11 is 0. The number of benzene rings is 4. The summed E-state index contributed by atoms with van der Waals surface area (Å²) in [5.41, 5.74) is 1.60. The third-order valence-corrected chi connectivity index (χ3v) is 5.10. The zero-order valence-corrected chi connectivity index (χ0v) is 17.7. The maximum absolute atomic E-state index is 13.1. The van der Waals surface area contributed by atoms with Crippen molar-refractivity contribution >= 4 is 50.7 Å². The minimum Gasteiger partial charge on any atom is -0.449 e. The molecule has 0 fully saturated rings. The molecule has 0 bridgehead atoms. The Bertz CT molecular complexity index is 1280. The number of hydrogen-bond donors (Lipinski definition) is 2. The molecule has 4 aromatic rings. The average Bonchev–Trinajstić information content (AvgIpc) is 2.78. The van der Waals surface area contributed by atoms with E-state index in [4.69, 9.17) is 4.74 Å². The molecule has 2 N–H and O–H groups in total. The largest absolute Gasteiger partial charge is 0.449 e. The van der Waals surface area contributed by atoms with E-state index in [2.05, 4.69) is 10.6 Å². The van der Waals surface area contributed by atoms with Gasteiger partial charge >= 0.3 is 5.97 Å². The predicted molar refractivity (Wildman–Crippen MR) is 126 cm³/mol. The number of ether oxygens (including phenoxy) is 1. The fourth-order valence-corrected chi connectivity index (χ4v) is 3.59. The summed E-state index contributed by atoms with van der Waals surface area (Å²) in [7, 11) is 0. The second-order valence-corrected chi connectivity index (χ2v) is 7.49. The number of esters is 1. The van der Waals surface area contributed by atoms with Crippen LogP contribution in [-0.4, -0.2) is 23.9 Å². The van der Waals surface area contributed by atoms with Crippen LogP contribution in [0.2, 0.25) is 0 Å². The van der Waals surface area contributed by atoms with Gasteiger partial charge in [-0.2, -0.15) is 0 Å². The summed E-state index contributed by atoms with van der Waals surface area (Å²) in [6, 6.07) is 23.9. The van der Waals surface area contributed by atoms with Gasteiger partial charge in [0, 0.05) is 18.3 Å². The van der Waals surface area contributed by atoms with Crippen LogP contribution >= 0.6 is 0 Å². The Balaban J connectivity index is 1.54. The topological polar surface area (TPSA) is 84.5 Å². The van der Waals surface area contributed by atoms with Crippen molar-refractivity contribution in [1.82, 2.24) is 0 Å². The van der Waals surface area contributed by atoms with E-state index in [1.807, 2.05) is 54.6 Å². The summed E-state index contributed by atoms with van der Waals surface area (Å²) in [6.45, 7) is 2.96. The lowest BCUT2D eigenvalue weighted by Crippen LogP contribution is -2.30. The lowest BCUT2D eigenvalue weighted by molar-refractivity contribution is -0.123. The van der Waals surface area contributed by atoms with E-state index in [-0.39, 0.29) is 5.91 Å². The molecule has 0 heterocycles. The summed E-state index contributed by atoms with van der Waals surface area (Å²) in [5, 5.41) is 8.79. The van der Waals surface area contributed by atoms with Gasteiger partial charge in [-0.1, -0.05) is 48.5 Å². The number of anilines is 2. The minimum absolute atomic E-state index is 0.178. The van der Waals surface area contributed by atoms with E-state index in [0.29, 0.717) is 16.9 Å². The first-order valence-electron chi connectivity index (χ1n) is 10.2. The van der Waals surface area contributed by atoms with Crippen LogP contribution in [-0.2, 0) is 14.3 Å². The van der Waals surface area contributed by atoms with Crippen LogP contribution in [0.5, 0.6) is 0 Å². The fourth-order valence-electron chi connectivity index (χ4n) is 3.59. The van der Waals surface area contributed by atoms with E-state index in [1.54, 1.807) is 24.3 Å². The zero-order valence-electron chi connectivity index (χ0n) is 17.7. The molecule has 0 saturated carbocycles. The molecule has 0 aliphatic heterocycles. The maximum Gasteiger partial charge on any atom is 0.340 e. The molecule has 4 aromatic carbocycles. The molecule has 0 aliphatic rings. The number of hydrogen-bond acceptors (Lipinski definition) is 4. The molecule has 160 valence electrons. The Morgan fingerprint density at radius 2 is 1.25 bits per heavy atom. The highest BCUT2D eigenvalue weighted by molar-refractivity contribution is 6.17. The van der Waals surface area contributed by atoms with Gasteiger partial charge in [0.15, 0.2) is 6.10 Å². The first kappa shape index (κ1) is 21.1. The van der Waals surface area contributed by atoms with E-state index in [1.165, 1.54) is 13.8 Å². The maximum atomic E-state index is 13.1. The Morgan fingerprint density at radius 3 is 1.78 bits per heavy atom. The smallest absolute Gasteiger partial charge is 0.340 e. The van der Waals surface area contributed by atoms with Gasteiger partial charge in [-0.15, -0.1) is 0 Å². The molecule has 1 atom stereocenters. The van der Waals surface area contributed by atoms with Crippen LogP contribution in [0.25, 0.3) is 21.5 Å². The van der Waals surface area contributed by atoms with Gasteiger partial charge in [0.05, 0.1) is 5.56 Å². The summed E-state index contributed by atoms with van der Waals surface area (Å²) in [5.74, 6) is -1.18. The van der Waals surface area contributed by atoms with Crippen molar-refractivity contribution < 1.29 is 19.1 Å². The Morgan fingerprint density at radius 1 is 0.750 bits per heavy atom. The van der Waals surface area contributed by atoms with Crippen LogP contribution in [0, 0.1) is 0 Å². The molecular formula is C26H22N2O4. The molecule has 6 nitrogen and oxygen atoms in total. The molecule has 32 heavy (non-hydrogen) atoms. The lowest BCUT2D eigenvalue weighted by atomic mass is 9.97. The molecule has 4 rings (SSSR count). The zero-order chi connectivity index (χ0) is 22.7. The van der Waals surface area contributed by atoms with Crippen LogP contribution in [0.15, 0.2) is 78.9 Å². The van der Waals surface area contributed by atoms with Crippen molar-refractivity contribution in [2.24, 2.45) is 0 Å². The molecule has 0 saturated heterocycles. The van der Waals surface area contributed by atoms with Gasteiger partial charge in [-0.3, -0.25) is 9.59 Å². The summed E-state index contributed by atoms with van der Waals surface area (Å²) in [4.78, 5) is 36.9. The minimum atomic E-state index is -1.00. The number of carbonyl (C=O) groups is 3. The van der Waals surface area contributed by atoms with Gasteiger partial charge in [0.1, 0.15) is 0 Å². The van der Waals surface area contributed by atoms with Gasteiger partial charge in [-0.25, -0.2) is 4.79 Å². The number of rotatable bonds is 5. The van der Waals surface area contributed by atoms with Crippen LogP contribution in [0.3, 0.4) is 0 Å². The Kier molecular flexibility index (Phi) is 5.85. The van der Waals surface area contributed by atoms with Crippen molar-refractivity contribution in [3.05, 3.63) is 84.4 Å². The Labute approximate surface area is 185 Å². The number of nitrogens with one attached hydrogen (secondary N) is 2. The van der Waals surface area contributed by atoms with Crippen molar-refractivity contribution in [1.29, 1.82) is 0 Å². The normalized spacial score (nSPS) is 11.7. The summed E-state index contributed by atoms with van der Waals surface area (Å²) in [6.07, 6.45) is -1.00. The second kappa shape index (κ2) is 8.89. The highest BCUT2D eigenvalue weighted by Gasteiger charge is 2.22. The predicted octanol–water partition coefficient (Wildman–Crippen LogP) is 5.14. The van der Waals surface area contributed by atoms with E-state index < -0.39 is 18.0 Å². The number of fused-ring (bicyclic) bond motifs is 2. The van der Waals surface area contributed by atoms with E-state index >= 15 is 0 Å². The average molecular weight is 426 g/mol. The molecule has 0 radical (unpaired) electrons. The van der Waals surface area contributed by atoms with Gasteiger partial charge in [0.2, 0.25) is 5.91 Å². The van der Waals surface area contributed by atoms with Crippen molar-refractivity contribution in [3.8, 4) is 0 Å². The van der Waals surface area contributed by atoms with Crippen LogP contribution in [0.4, 0.5) is 11.4 Å². The van der Waals surface area contributed by atoms with Crippen molar-refractivity contribution in [2.75, 3.05) is 10.6 Å². The van der Waals surface area contributed by atoms with Crippen molar-refractivity contribution in [3.63, 3.8) is 0 Å². The lowest BCUT2D eigenvalue weighted by Gasteiger charge is -2.16. The second-order valence-electron chi connectivity index (χ2n) is 7.49. The molecule has 0 spiro atoms. The SMILES string of the molecule is CC(=O)Nc1ccc(NC(=O)C(C)OC(=O)c2c3ccccc3cc3ccccc23)cc1. The van der Waals surface area contributed by atoms with Crippen LogP contribution < -0.4 is 10.6 Å². The van der Waals surface area contributed by atoms with Gasteiger partial charge in [0.25, 0.3) is 5.91 Å². The number of carbonyl (C=O) groups excluding carboxylic acids is 3. The molecule has 0 aliphatic carbocycles. The fraction of sp³-hybridized carbons (Fsp3) is 0.115. The van der Waals surface area contributed by atoms with Gasteiger partial charge < -0.3 is 15.4 Å². The molecule has 6 heteroatoms. The molecule has 1 unspecified atom stereocenters. The molecular weight excluding hydrogens is 404 g/mol. The third-order valence-electron chi connectivity index (χ3n) is 5.10. The quantitative estimate of drug-likeness (QED) is 0.342. The first-order chi connectivity index (χ1) is 15.4. The summed E-state index contributed by atoms with van der Waals surface area (Å²) < 4.78 is 5.56. The highest BCUT2D eigenvalue weighted by atomic mass is 16.5. The van der Waals surface area contributed by atoms with Gasteiger partial charge in [-0.05, 0) is 58.8 Å².